The van der Waals surface area contributed by atoms with Crippen molar-refractivity contribution in [2.75, 3.05) is 11.9 Å². The van der Waals surface area contributed by atoms with Crippen molar-refractivity contribution in [3.05, 3.63) is 65.5 Å². The fourth-order valence-electron chi connectivity index (χ4n) is 2.97. The first-order valence-electron chi connectivity index (χ1n) is 10.7. The number of nitrogens with one attached hydrogen (secondary N) is 1. The third kappa shape index (κ3) is 6.85. The molecule has 0 aliphatic heterocycles. The smallest absolute Gasteiger partial charge is 0.338 e. The molecule has 1 heterocycles. The Bertz CT molecular complexity index is 1100. The van der Waals surface area contributed by atoms with E-state index in [2.05, 4.69) is 46.7 Å². The predicted octanol–water partition coefficient (Wildman–Crippen LogP) is 5.10. The van der Waals surface area contributed by atoms with E-state index < -0.39 is 5.97 Å². The van der Waals surface area contributed by atoms with E-state index in [0.29, 0.717) is 35.2 Å². The zero-order chi connectivity index (χ0) is 23.8. The summed E-state index contributed by atoms with van der Waals surface area (Å²) >= 11 is 3.08. The number of aromatic nitrogens is 3. The van der Waals surface area contributed by atoms with Gasteiger partial charge in [0, 0.05) is 17.6 Å². The van der Waals surface area contributed by atoms with Crippen LogP contribution >= 0.6 is 23.5 Å². The summed E-state index contributed by atoms with van der Waals surface area (Å²) in [7, 11) is 1.92. The van der Waals surface area contributed by atoms with Gasteiger partial charge in [-0.15, -0.1) is 22.0 Å². The lowest BCUT2D eigenvalue weighted by Gasteiger charge is -2.14. The maximum atomic E-state index is 12.9. The molecule has 1 atom stereocenters. The number of nitrogens with zero attached hydrogens (tertiary/aromatic N) is 3. The molecule has 0 fully saturated rings. The number of thioether (sulfide) groups is 2. The van der Waals surface area contributed by atoms with Gasteiger partial charge >= 0.3 is 5.97 Å². The summed E-state index contributed by atoms with van der Waals surface area (Å²) in [6, 6.07) is 15.1. The maximum Gasteiger partial charge on any atom is 0.338 e. The van der Waals surface area contributed by atoms with E-state index in [9.17, 15) is 9.59 Å². The molecule has 3 aromatic rings. The normalized spacial score (nSPS) is 11.8. The quantitative estimate of drug-likeness (QED) is 0.316. The van der Waals surface area contributed by atoms with Crippen LogP contribution in [0.3, 0.4) is 0 Å². The third-order valence-electron chi connectivity index (χ3n) is 4.87. The molecule has 0 saturated carbocycles. The first-order chi connectivity index (χ1) is 15.9. The first-order valence-corrected chi connectivity index (χ1v) is 12.6. The lowest BCUT2D eigenvalue weighted by molar-refractivity contribution is -0.115. The van der Waals surface area contributed by atoms with E-state index >= 15 is 0 Å². The number of rotatable bonds is 10. The maximum absolute atomic E-state index is 12.9. The zero-order valence-electron chi connectivity index (χ0n) is 19.2. The lowest BCUT2D eigenvalue weighted by atomic mass is 10.2. The van der Waals surface area contributed by atoms with E-state index in [1.54, 1.807) is 43.0 Å². The zero-order valence-corrected chi connectivity index (χ0v) is 20.8. The van der Waals surface area contributed by atoms with Gasteiger partial charge in [-0.2, -0.15) is 0 Å². The molecule has 33 heavy (non-hydrogen) atoms. The molecular weight excluding hydrogens is 456 g/mol. The molecule has 1 aromatic heterocycles. The van der Waals surface area contributed by atoms with Gasteiger partial charge in [-0.25, -0.2) is 4.79 Å². The van der Waals surface area contributed by atoms with Crippen LogP contribution in [0.2, 0.25) is 0 Å². The second-order valence-corrected chi connectivity index (χ2v) is 9.58. The average molecular weight is 485 g/mol. The fraction of sp³-hybridized carbons (Fsp3) is 0.333. The monoisotopic (exact) mass is 484 g/mol. The molecule has 3 rings (SSSR count). The van der Waals surface area contributed by atoms with Gasteiger partial charge in [0.05, 0.1) is 23.2 Å². The Morgan fingerprint density at radius 2 is 1.88 bits per heavy atom. The topological polar surface area (TPSA) is 86.1 Å². The van der Waals surface area contributed by atoms with Crippen molar-refractivity contribution in [2.45, 2.75) is 48.2 Å². The summed E-state index contributed by atoms with van der Waals surface area (Å²) in [5, 5.41) is 11.9. The number of anilines is 1. The summed E-state index contributed by atoms with van der Waals surface area (Å²) in [6.45, 7) is 6.08. The Kier molecular flexibility index (Phi) is 8.96. The van der Waals surface area contributed by atoms with Gasteiger partial charge in [0.25, 0.3) is 0 Å². The van der Waals surface area contributed by atoms with Crippen LogP contribution in [0.4, 0.5) is 5.69 Å². The van der Waals surface area contributed by atoms with Gasteiger partial charge in [0.2, 0.25) is 5.91 Å². The third-order valence-corrected chi connectivity index (χ3v) is 7.27. The summed E-state index contributed by atoms with van der Waals surface area (Å²) in [5.41, 5.74) is 2.19. The van der Waals surface area contributed by atoms with Gasteiger partial charge in [0.15, 0.2) is 5.16 Å². The number of carbonyl (C=O) groups excluding carboxylic acids is 2. The highest BCUT2D eigenvalue weighted by molar-refractivity contribution is 8.00. The van der Waals surface area contributed by atoms with Crippen LogP contribution in [0.15, 0.2) is 58.6 Å². The van der Waals surface area contributed by atoms with Crippen molar-refractivity contribution < 1.29 is 14.3 Å². The van der Waals surface area contributed by atoms with Crippen LogP contribution in [-0.4, -0.2) is 38.5 Å². The SMILES string of the molecule is CCOC(=O)c1cccc(NC(=O)C(CC)Sc2nnc(CSc3ccc(C)cc3)n2C)c1. The minimum Gasteiger partial charge on any atom is -0.462 e. The van der Waals surface area contributed by atoms with Crippen LogP contribution in [0, 0.1) is 6.92 Å². The highest BCUT2D eigenvalue weighted by atomic mass is 32.2. The molecule has 0 bridgehead atoms. The molecule has 7 nitrogen and oxygen atoms in total. The predicted molar refractivity (Wildman–Crippen MR) is 133 cm³/mol. The number of amides is 1. The number of hydrogen-bond acceptors (Lipinski definition) is 7. The standard InChI is InChI=1S/C24H28N4O3S2/c1-5-20(22(29)25-18-9-7-8-17(14-18)23(30)31-6-2)33-24-27-26-21(28(24)4)15-32-19-12-10-16(3)11-13-19/h7-14,20H,5-6,15H2,1-4H3,(H,25,29). The Labute approximate surface area is 202 Å². The van der Waals surface area contributed by atoms with Crippen LogP contribution in [-0.2, 0) is 22.3 Å². The Hall–Kier alpha value is -2.78. The number of esters is 1. The second kappa shape index (κ2) is 11.9. The molecule has 0 aliphatic carbocycles. The van der Waals surface area contributed by atoms with Crippen LogP contribution in [0.5, 0.6) is 0 Å². The van der Waals surface area contributed by atoms with Crippen LogP contribution < -0.4 is 5.32 Å². The molecular formula is C24H28N4O3S2. The second-order valence-electron chi connectivity index (χ2n) is 7.36. The summed E-state index contributed by atoms with van der Waals surface area (Å²) < 4.78 is 6.96. The molecule has 0 aliphatic rings. The van der Waals surface area contributed by atoms with Crippen molar-refractivity contribution in [2.24, 2.45) is 7.05 Å². The highest BCUT2D eigenvalue weighted by Crippen LogP contribution is 2.28. The number of hydrogen-bond donors (Lipinski definition) is 1. The van der Waals surface area contributed by atoms with Gasteiger partial charge < -0.3 is 14.6 Å². The fourth-order valence-corrected chi connectivity index (χ4v) is 4.78. The van der Waals surface area contributed by atoms with E-state index in [0.717, 1.165) is 5.82 Å². The highest BCUT2D eigenvalue weighted by Gasteiger charge is 2.22. The van der Waals surface area contributed by atoms with Crippen molar-refractivity contribution in [3.8, 4) is 0 Å². The molecule has 174 valence electrons. The van der Waals surface area contributed by atoms with Crippen LogP contribution in [0.25, 0.3) is 0 Å². The molecule has 9 heteroatoms. The van der Waals surface area contributed by atoms with Gasteiger partial charge in [0.1, 0.15) is 5.82 Å². The minimum atomic E-state index is -0.412. The van der Waals surface area contributed by atoms with Crippen LogP contribution in [0.1, 0.15) is 42.0 Å². The summed E-state index contributed by atoms with van der Waals surface area (Å²) in [6.07, 6.45) is 0.619. The van der Waals surface area contributed by atoms with Gasteiger partial charge in [-0.1, -0.05) is 42.4 Å². The largest absolute Gasteiger partial charge is 0.462 e. The van der Waals surface area contributed by atoms with Crippen molar-refractivity contribution >= 4 is 41.1 Å². The van der Waals surface area contributed by atoms with Gasteiger partial charge in [-0.05, 0) is 50.6 Å². The Balaban J connectivity index is 1.62. The van der Waals surface area contributed by atoms with Crippen molar-refractivity contribution in [3.63, 3.8) is 0 Å². The lowest BCUT2D eigenvalue weighted by Crippen LogP contribution is -2.25. The van der Waals surface area contributed by atoms with E-state index in [-0.39, 0.29) is 11.2 Å². The van der Waals surface area contributed by atoms with Crippen molar-refractivity contribution in [1.29, 1.82) is 0 Å². The first kappa shape index (κ1) is 24.9. The molecule has 1 N–H and O–H groups in total. The molecule has 0 radical (unpaired) electrons. The van der Waals surface area contributed by atoms with E-state index in [4.69, 9.17) is 4.74 Å². The summed E-state index contributed by atoms with van der Waals surface area (Å²) in [4.78, 5) is 26.0. The van der Waals surface area contributed by atoms with Gasteiger partial charge in [-0.3, -0.25) is 4.79 Å². The molecule has 1 amide bonds. The molecule has 0 spiro atoms. The minimum absolute atomic E-state index is 0.151. The molecule has 0 saturated heterocycles. The van der Waals surface area contributed by atoms with E-state index in [1.165, 1.54) is 22.2 Å². The number of aryl methyl sites for hydroxylation is 1. The molecule has 1 unspecified atom stereocenters. The Morgan fingerprint density at radius 1 is 1.12 bits per heavy atom. The summed E-state index contributed by atoms with van der Waals surface area (Å²) in [5.74, 6) is 0.976. The van der Waals surface area contributed by atoms with E-state index in [1.807, 2.05) is 18.5 Å². The van der Waals surface area contributed by atoms with Crippen molar-refractivity contribution in [1.82, 2.24) is 14.8 Å². The Morgan fingerprint density at radius 3 is 2.58 bits per heavy atom. The number of ether oxygens (including phenoxy) is 1. The molecule has 2 aromatic carbocycles. The average Bonchev–Trinajstić information content (AvgIpc) is 3.16. The number of carbonyl (C=O) groups is 2. The number of benzene rings is 2.